The Hall–Kier alpha value is -2.36. The lowest BCUT2D eigenvalue weighted by molar-refractivity contribution is 0.0495. The molecule has 1 saturated carbocycles. The molecule has 1 aliphatic rings. The molecule has 3 nitrogen and oxygen atoms in total. The summed E-state index contributed by atoms with van der Waals surface area (Å²) in [5.41, 5.74) is 1.55. The number of benzene rings is 2. The maximum atomic E-state index is 13.9. The molecule has 0 saturated heterocycles. The minimum Gasteiger partial charge on any atom is -0.444 e. The van der Waals surface area contributed by atoms with Crippen LogP contribution >= 0.6 is 0 Å². The average Bonchev–Trinajstić information content (AvgIpc) is 3.26. The predicted octanol–water partition coefficient (Wildman–Crippen LogP) is 5.01. The summed E-state index contributed by atoms with van der Waals surface area (Å²) in [6.07, 6.45) is 1.36. The molecular formula is C20H22FNO2. The van der Waals surface area contributed by atoms with Crippen LogP contribution in [0.3, 0.4) is 0 Å². The molecule has 2 aromatic carbocycles. The second kappa shape index (κ2) is 5.93. The fourth-order valence-corrected chi connectivity index (χ4v) is 2.77. The maximum absolute atomic E-state index is 13.9. The first-order valence-corrected chi connectivity index (χ1v) is 8.16. The van der Waals surface area contributed by atoms with Gasteiger partial charge in [-0.05, 0) is 50.8 Å². The fraction of sp³-hybridized carbons (Fsp3) is 0.350. The summed E-state index contributed by atoms with van der Waals surface area (Å²) in [5, 5.41) is 2.98. The first-order chi connectivity index (χ1) is 11.3. The van der Waals surface area contributed by atoms with Gasteiger partial charge in [0.15, 0.2) is 0 Å². The normalized spacial score (nSPS) is 15.7. The molecule has 0 radical (unpaired) electrons. The Bertz CT molecular complexity index is 743. The molecule has 2 aromatic rings. The Morgan fingerprint density at radius 3 is 2.25 bits per heavy atom. The molecule has 1 N–H and O–H groups in total. The van der Waals surface area contributed by atoms with Gasteiger partial charge in [0.25, 0.3) is 0 Å². The van der Waals surface area contributed by atoms with Crippen LogP contribution in [0.2, 0.25) is 0 Å². The molecule has 0 unspecified atom stereocenters. The fourth-order valence-electron chi connectivity index (χ4n) is 2.77. The van der Waals surface area contributed by atoms with Gasteiger partial charge in [-0.25, -0.2) is 9.18 Å². The van der Waals surface area contributed by atoms with Crippen LogP contribution in [-0.4, -0.2) is 11.7 Å². The largest absolute Gasteiger partial charge is 0.444 e. The minimum atomic E-state index is -0.519. The van der Waals surface area contributed by atoms with E-state index < -0.39 is 11.7 Å². The van der Waals surface area contributed by atoms with E-state index in [1.807, 2.05) is 51.1 Å². The van der Waals surface area contributed by atoms with Crippen molar-refractivity contribution in [2.24, 2.45) is 0 Å². The van der Waals surface area contributed by atoms with Crippen molar-refractivity contribution in [2.45, 2.75) is 44.8 Å². The summed E-state index contributed by atoms with van der Waals surface area (Å²) >= 11 is 0. The van der Waals surface area contributed by atoms with Crippen molar-refractivity contribution in [3.05, 3.63) is 59.9 Å². The third-order valence-electron chi connectivity index (χ3n) is 4.11. The van der Waals surface area contributed by atoms with Gasteiger partial charge in [-0.2, -0.15) is 0 Å². The predicted molar refractivity (Wildman–Crippen MR) is 92.1 cm³/mol. The van der Waals surface area contributed by atoms with E-state index >= 15 is 0 Å². The SMILES string of the molecule is CC(C)(C)OC(=O)NC1(c2ccc(-c3ccccc3F)cc2)CC1. The van der Waals surface area contributed by atoms with E-state index in [1.165, 1.54) is 6.07 Å². The molecule has 1 aliphatic carbocycles. The molecule has 24 heavy (non-hydrogen) atoms. The second-order valence-corrected chi connectivity index (χ2v) is 7.27. The van der Waals surface area contributed by atoms with Crippen LogP contribution in [0.1, 0.15) is 39.2 Å². The Kier molecular flexibility index (Phi) is 4.08. The van der Waals surface area contributed by atoms with Gasteiger partial charge >= 0.3 is 6.09 Å². The molecule has 0 heterocycles. The first-order valence-electron chi connectivity index (χ1n) is 8.16. The minimum absolute atomic E-state index is 0.238. The van der Waals surface area contributed by atoms with Crippen LogP contribution < -0.4 is 5.32 Å². The number of hydrogen-bond acceptors (Lipinski definition) is 2. The molecule has 4 heteroatoms. The highest BCUT2D eigenvalue weighted by Gasteiger charge is 2.46. The van der Waals surface area contributed by atoms with E-state index in [2.05, 4.69) is 5.32 Å². The van der Waals surface area contributed by atoms with Crippen molar-refractivity contribution < 1.29 is 13.9 Å². The summed E-state index contributed by atoms with van der Waals surface area (Å²) in [5.74, 6) is -0.238. The van der Waals surface area contributed by atoms with Crippen molar-refractivity contribution >= 4 is 6.09 Å². The molecule has 1 fully saturated rings. The van der Waals surface area contributed by atoms with Crippen molar-refractivity contribution in [3.63, 3.8) is 0 Å². The van der Waals surface area contributed by atoms with E-state index in [0.29, 0.717) is 5.56 Å². The highest BCUT2D eigenvalue weighted by Crippen LogP contribution is 2.46. The van der Waals surface area contributed by atoms with E-state index in [9.17, 15) is 9.18 Å². The summed E-state index contributed by atoms with van der Waals surface area (Å²) in [6.45, 7) is 5.53. The van der Waals surface area contributed by atoms with Crippen LogP contribution in [0.15, 0.2) is 48.5 Å². The van der Waals surface area contributed by atoms with Gasteiger partial charge in [0.05, 0.1) is 5.54 Å². The standard InChI is InChI=1S/C20H22FNO2/c1-19(2,3)24-18(23)22-20(12-13-20)15-10-8-14(9-11-15)16-6-4-5-7-17(16)21/h4-11H,12-13H2,1-3H3,(H,22,23). The number of carbonyl (C=O) groups is 1. The summed E-state index contributed by atoms with van der Waals surface area (Å²) in [6, 6.07) is 14.4. The lowest BCUT2D eigenvalue weighted by atomic mass is 9.99. The Morgan fingerprint density at radius 2 is 1.71 bits per heavy atom. The molecule has 0 aliphatic heterocycles. The van der Waals surface area contributed by atoms with Gasteiger partial charge in [0.2, 0.25) is 0 Å². The highest BCUT2D eigenvalue weighted by atomic mass is 19.1. The van der Waals surface area contributed by atoms with Crippen molar-refractivity contribution in [1.82, 2.24) is 5.32 Å². The maximum Gasteiger partial charge on any atom is 0.408 e. The van der Waals surface area contributed by atoms with Crippen LogP contribution in [0.5, 0.6) is 0 Å². The van der Waals surface area contributed by atoms with Crippen LogP contribution in [0, 0.1) is 5.82 Å². The number of ether oxygens (including phenoxy) is 1. The summed E-state index contributed by atoms with van der Waals surface area (Å²) < 4.78 is 19.2. The van der Waals surface area contributed by atoms with E-state index in [-0.39, 0.29) is 11.4 Å². The summed E-state index contributed by atoms with van der Waals surface area (Å²) in [7, 11) is 0. The van der Waals surface area contributed by atoms with Crippen molar-refractivity contribution in [1.29, 1.82) is 0 Å². The van der Waals surface area contributed by atoms with Gasteiger partial charge in [-0.15, -0.1) is 0 Å². The molecule has 0 spiro atoms. The van der Waals surface area contributed by atoms with E-state index in [1.54, 1.807) is 12.1 Å². The lowest BCUT2D eigenvalue weighted by Crippen LogP contribution is -2.39. The number of alkyl carbamates (subject to hydrolysis) is 1. The van der Waals surface area contributed by atoms with Gasteiger partial charge in [-0.3, -0.25) is 0 Å². The lowest BCUT2D eigenvalue weighted by Gasteiger charge is -2.23. The Morgan fingerprint density at radius 1 is 1.08 bits per heavy atom. The molecule has 0 bridgehead atoms. The van der Waals surface area contributed by atoms with Gasteiger partial charge in [0, 0.05) is 5.56 Å². The van der Waals surface area contributed by atoms with E-state index in [0.717, 1.165) is 24.0 Å². The van der Waals surface area contributed by atoms with Crippen LogP contribution in [-0.2, 0) is 10.3 Å². The highest BCUT2D eigenvalue weighted by molar-refractivity contribution is 5.70. The van der Waals surface area contributed by atoms with Gasteiger partial charge in [0.1, 0.15) is 11.4 Å². The molecule has 0 atom stereocenters. The zero-order valence-electron chi connectivity index (χ0n) is 14.2. The number of halogens is 1. The third-order valence-corrected chi connectivity index (χ3v) is 4.11. The third kappa shape index (κ3) is 3.58. The van der Waals surface area contributed by atoms with Gasteiger partial charge in [-0.1, -0.05) is 42.5 Å². The van der Waals surface area contributed by atoms with Crippen molar-refractivity contribution in [3.8, 4) is 11.1 Å². The second-order valence-electron chi connectivity index (χ2n) is 7.27. The first kappa shape index (κ1) is 16.5. The zero-order chi connectivity index (χ0) is 17.4. The molecule has 126 valence electrons. The molecule has 0 aromatic heterocycles. The topological polar surface area (TPSA) is 38.3 Å². The molecular weight excluding hydrogens is 305 g/mol. The monoisotopic (exact) mass is 327 g/mol. The van der Waals surface area contributed by atoms with Crippen LogP contribution in [0.4, 0.5) is 9.18 Å². The quantitative estimate of drug-likeness (QED) is 0.861. The van der Waals surface area contributed by atoms with E-state index in [4.69, 9.17) is 4.74 Å². The number of carbonyl (C=O) groups excluding carboxylic acids is 1. The van der Waals surface area contributed by atoms with Crippen LogP contribution in [0.25, 0.3) is 11.1 Å². The zero-order valence-corrected chi connectivity index (χ0v) is 14.2. The number of hydrogen-bond donors (Lipinski definition) is 1. The van der Waals surface area contributed by atoms with Crippen molar-refractivity contribution in [2.75, 3.05) is 0 Å². The Labute approximate surface area is 141 Å². The number of nitrogens with one attached hydrogen (secondary N) is 1. The molecule has 3 rings (SSSR count). The summed E-state index contributed by atoms with van der Waals surface area (Å²) in [4.78, 5) is 12.0. The Balaban J connectivity index is 1.76. The van der Waals surface area contributed by atoms with Gasteiger partial charge < -0.3 is 10.1 Å². The smallest absolute Gasteiger partial charge is 0.408 e. The number of rotatable bonds is 3. The number of amides is 1. The average molecular weight is 327 g/mol. The molecule has 1 amide bonds.